The molecule has 0 saturated carbocycles. The molecule has 2 saturated heterocycles. The SMILES string of the molecule is C.C.C.CCCCCCCCC1(CCCCCCCC)c2cc(B3OCCCO3)ccc2-c2ccc(B3OCCCO3)cc21.CCCCCCCCC1(CCCCCCCC)c2cc(Br)ccc2-c2ccc(Br)cc21.CCCCCCCCC1(CCCCCCCC)c2ccccc2-c2ccccc21. The third-order valence-corrected chi connectivity index (χ3v) is 24.8. The number of unbranched alkanes of at least 4 members (excludes halogenated alkanes) is 30. The topological polar surface area (TPSA) is 36.9 Å². The molecule has 0 atom stereocenters. The van der Waals surface area contributed by atoms with Gasteiger partial charge in [0.25, 0.3) is 0 Å². The van der Waals surface area contributed by atoms with Gasteiger partial charge in [0.1, 0.15) is 0 Å². The second-order valence-electron chi connectivity index (χ2n) is 31.3. The van der Waals surface area contributed by atoms with Crippen LogP contribution >= 0.6 is 31.9 Å². The van der Waals surface area contributed by atoms with Gasteiger partial charge in [-0.25, -0.2) is 0 Å². The van der Waals surface area contributed by atoms with Gasteiger partial charge < -0.3 is 18.6 Å². The summed E-state index contributed by atoms with van der Waals surface area (Å²) < 4.78 is 26.8. The summed E-state index contributed by atoms with van der Waals surface area (Å²) in [5.74, 6) is 0. The molecule has 11 rings (SSSR count). The van der Waals surface area contributed by atoms with E-state index < -0.39 is 0 Å². The summed E-state index contributed by atoms with van der Waals surface area (Å²) in [6, 6.07) is 46.6. The van der Waals surface area contributed by atoms with E-state index >= 15 is 0 Å². The van der Waals surface area contributed by atoms with E-state index in [1.54, 1.807) is 22.3 Å². The van der Waals surface area contributed by atoms with Crippen molar-refractivity contribution in [3.05, 3.63) is 164 Å². The summed E-state index contributed by atoms with van der Waals surface area (Å²) in [6.45, 7) is 16.9. The zero-order chi connectivity index (χ0) is 70.8. The summed E-state index contributed by atoms with van der Waals surface area (Å²) in [4.78, 5) is 0. The van der Waals surface area contributed by atoms with Crippen LogP contribution in [0.15, 0.2) is 130 Å². The lowest BCUT2D eigenvalue weighted by Gasteiger charge is -2.34. The third kappa shape index (κ3) is 24.1. The van der Waals surface area contributed by atoms with E-state index in [1.807, 2.05) is 0 Å². The van der Waals surface area contributed by atoms with Gasteiger partial charge in [-0.15, -0.1) is 0 Å². The molecule has 6 aromatic rings. The predicted molar refractivity (Wildman–Crippen MR) is 465 cm³/mol. The van der Waals surface area contributed by atoms with Gasteiger partial charge in [-0.3, -0.25) is 0 Å². The highest BCUT2D eigenvalue weighted by molar-refractivity contribution is 9.10. The van der Waals surface area contributed by atoms with Gasteiger partial charge in [-0.1, -0.05) is 424 Å². The first kappa shape index (κ1) is 89.1. The van der Waals surface area contributed by atoms with Crippen molar-refractivity contribution in [2.24, 2.45) is 0 Å². The molecule has 0 spiro atoms. The Labute approximate surface area is 657 Å². The summed E-state index contributed by atoms with van der Waals surface area (Å²) in [5.41, 5.74) is 20.8. The van der Waals surface area contributed by atoms with Gasteiger partial charge in [0, 0.05) is 51.6 Å². The Morgan fingerprint density at radius 2 is 0.481 bits per heavy atom. The molecule has 0 N–H and O–H groups in total. The van der Waals surface area contributed by atoms with E-state index in [9.17, 15) is 0 Å². The largest absolute Gasteiger partial charge is 0.493 e. The fourth-order valence-electron chi connectivity index (χ4n) is 18.3. The Balaban J connectivity index is 0.000000246. The van der Waals surface area contributed by atoms with Crippen molar-refractivity contribution in [2.45, 2.75) is 363 Å². The maximum atomic E-state index is 6.08. The fraction of sp³-hybridized carbons (Fsp3) is 0.625. The summed E-state index contributed by atoms with van der Waals surface area (Å²) in [7, 11) is -0.503. The minimum atomic E-state index is -0.252. The summed E-state index contributed by atoms with van der Waals surface area (Å²) >= 11 is 7.57. The molecule has 3 aliphatic carbocycles. The molecule has 104 heavy (non-hydrogen) atoms. The minimum Gasteiger partial charge on any atom is -0.407 e. The van der Waals surface area contributed by atoms with E-state index in [0.717, 1.165) is 39.3 Å². The van der Waals surface area contributed by atoms with Crippen molar-refractivity contribution >= 4 is 57.0 Å². The number of fused-ring (bicyclic) bond motifs is 9. The smallest absolute Gasteiger partial charge is 0.407 e. The highest BCUT2D eigenvalue weighted by atomic mass is 79.9. The molecule has 574 valence electrons. The quantitative estimate of drug-likeness (QED) is 0.0282. The lowest BCUT2D eigenvalue weighted by atomic mass is 9.67. The zero-order valence-electron chi connectivity index (χ0n) is 64.5. The number of rotatable bonds is 44. The highest BCUT2D eigenvalue weighted by Crippen LogP contribution is 2.58. The average molecular weight is 1550 g/mol. The van der Waals surface area contributed by atoms with E-state index in [0.29, 0.717) is 0 Å². The number of halogens is 2. The lowest BCUT2D eigenvalue weighted by molar-refractivity contribution is 0.143. The first-order valence-corrected chi connectivity index (χ1v) is 43.9. The standard InChI is InChI=1S/C35H52B2O4.C29H40Br2.C29H42.3CH4/c1-3-5-7-9-11-13-21-35(22-14-12-10-8-6-4-2)33-27-29(36-38-23-15-24-39-36)17-19-31(33)32-20-18-30(28-34(32)35)37-40-25-16-26-41-37;1-3-5-7-9-11-13-19-29(20-14-12-10-8-6-4-2)27-21-23(30)15-17-25(27)26-18-16-24(31)22-28(26)29;1-3-5-7-9-11-17-23-29(24-18-12-10-8-6-4-2)27-21-15-13-19-25(27)26-20-14-16-22-28(26)29;;;/h17-20,27-28H,3-16,21-26H2,1-2H3;15-18,21-22H,3-14,19-20H2,1-2H3;13-16,19-22H,3-12,17-18,23-24H2,1-2H3;3*1H4. The highest BCUT2D eigenvalue weighted by Gasteiger charge is 2.46. The Hall–Kier alpha value is -3.75. The van der Waals surface area contributed by atoms with Crippen LogP contribution in [0.25, 0.3) is 33.4 Å². The molecule has 8 heteroatoms. The van der Waals surface area contributed by atoms with Gasteiger partial charge in [-0.05, 0) is 153 Å². The first-order valence-electron chi connectivity index (χ1n) is 42.3. The molecular weight excluding hydrogens is 1400 g/mol. The van der Waals surface area contributed by atoms with Crippen molar-refractivity contribution in [1.82, 2.24) is 0 Å². The van der Waals surface area contributed by atoms with Crippen LogP contribution in [0.5, 0.6) is 0 Å². The van der Waals surface area contributed by atoms with E-state index in [2.05, 4.69) is 195 Å². The Morgan fingerprint density at radius 1 is 0.260 bits per heavy atom. The van der Waals surface area contributed by atoms with Gasteiger partial charge in [0.15, 0.2) is 0 Å². The van der Waals surface area contributed by atoms with E-state index in [-0.39, 0.29) is 52.8 Å². The van der Waals surface area contributed by atoms with Gasteiger partial charge >= 0.3 is 14.2 Å². The Bertz CT molecular complexity index is 3110. The Morgan fingerprint density at radius 3 is 0.760 bits per heavy atom. The lowest BCUT2D eigenvalue weighted by Crippen LogP contribution is -2.42. The third-order valence-electron chi connectivity index (χ3n) is 23.8. The van der Waals surface area contributed by atoms with Crippen LogP contribution in [-0.4, -0.2) is 40.7 Å². The van der Waals surface area contributed by atoms with Crippen molar-refractivity contribution in [3.63, 3.8) is 0 Å². The number of hydrogen-bond acceptors (Lipinski definition) is 4. The summed E-state index contributed by atoms with van der Waals surface area (Å²) in [5, 5.41) is 0. The molecule has 4 nitrogen and oxygen atoms in total. The average Bonchev–Trinajstić information content (AvgIpc) is 1.58. The first-order chi connectivity index (χ1) is 49.7. The van der Waals surface area contributed by atoms with Crippen LogP contribution in [0.1, 0.15) is 380 Å². The van der Waals surface area contributed by atoms with Crippen LogP contribution in [0.3, 0.4) is 0 Å². The minimum absolute atomic E-state index is 0. The normalized spacial score (nSPS) is 15.2. The monoisotopic (exact) mass is 1540 g/mol. The second kappa shape index (κ2) is 48.7. The zero-order valence-corrected chi connectivity index (χ0v) is 67.7. The maximum absolute atomic E-state index is 6.08. The second-order valence-corrected chi connectivity index (χ2v) is 33.1. The van der Waals surface area contributed by atoms with Gasteiger partial charge in [-0.2, -0.15) is 0 Å². The molecule has 0 aromatic heterocycles. The van der Waals surface area contributed by atoms with Gasteiger partial charge in [0.05, 0.1) is 0 Å². The molecule has 0 radical (unpaired) electrons. The van der Waals surface area contributed by atoms with Gasteiger partial charge in [0.2, 0.25) is 0 Å². The maximum Gasteiger partial charge on any atom is 0.493 e. The molecule has 2 aliphatic heterocycles. The predicted octanol–water partition coefficient (Wildman–Crippen LogP) is 30.1. The van der Waals surface area contributed by atoms with Crippen molar-refractivity contribution in [3.8, 4) is 33.4 Å². The molecule has 6 aromatic carbocycles. The van der Waals surface area contributed by atoms with Crippen LogP contribution in [-0.2, 0) is 34.9 Å². The van der Waals surface area contributed by atoms with Crippen LogP contribution in [0.2, 0.25) is 0 Å². The molecule has 0 unspecified atom stereocenters. The Kier molecular flexibility index (Phi) is 41.7. The molecule has 0 bridgehead atoms. The number of benzene rings is 6. The molecule has 0 amide bonds. The molecule has 2 fully saturated rings. The van der Waals surface area contributed by atoms with Crippen molar-refractivity contribution in [1.29, 1.82) is 0 Å². The van der Waals surface area contributed by atoms with Crippen molar-refractivity contribution < 1.29 is 18.6 Å². The van der Waals surface area contributed by atoms with Crippen LogP contribution in [0, 0.1) is 0 Å². The van der Waals surface area contributed by atoms with Crippen LogP contribution < -0.4 is 10.9 Å². The van der Waals surface area contributed by atoms with E-state index in [1.165, 1.54) is 334 Å². The van der Waals surface area contributed by atoms with Crippen molar-refractivity contribution in [2.75, 3.05) is 26.4 Å². The molecular formula is C96H146B2Br2O4. The van der Waals surface area contributed by atoms with E-state index in [4.69, 9.17) is 18.6 Å². The molecule has 5 aliphatic rings. The molecule has 2 heterocycles. The number of hydrogen-bond donors (Lipinski definition) is 0. The summed E-state index contributed by atoms with van der Waals surface area (Å²) in [6.07, 6.45) is 58.4. The van der Waals surface area contributed by atoms with Crippen LogP contribution in [0.4, 0.5) is 0 Å². The fourth-order valence-corrected chi connectivity index (χ4v) is 19.0.